The highest BCUT2D eigenvalue weighted by atomic mass is 35.5. The molecule has 3 amide bonds. The summed E-state index contributed by atoms with van der Waals surface area (Å²) in [6, 6.07) is 0. The molecule has 1 unspecified atom stereocenters. The standard InChI is InChI=1S/C14H24ClN3O3/c1-14(2,3)18-9-10(8-12(18)20)13(21)17-7-6-16-11(19)4-5-15/h10H,4-9H2,1-3H3,(H,16,19)(H,17,21). The van der Waals surface area contributed by atoms with Crippen LogP contribution < -0.4 is 10.6 Å². The monoisotopic (exact) mass is 317 g/mol. The van der Waals surface area contributed by atoms with Crippen LogP contribution in [0.1, 0.15) is 33.6 Å². The zero-order valence-electron chi connectivity index (χ0n) is 12.9. The first-order chi connectivity index (χ1) is 9.75. The Labute approximate surface area is 130 Å². The Morgan fingerprint density at radius 3 is 2.43 bits per heavy atom. The van der Waals surface area contributed by atoms with Crippen molar-refractivity contribution in [3.05, 3.63) is 0 Å². The molecule has 0 aliphatic carbocycles. The Balaban J connectivity index is 2.31. The van der Waals surface area contributed by atoms with Crippen molar-refractivity contribution < 1.29 is 14.4 Å². The maximum Gasteiger partial charge on any atom is 0.225 e. The number of nitrogens with one attached hydrogen (secondary N) is 2. The van der Waals surface area contributed by atoms with E-state index in [4.69, 9.17) is 11.6 Å². The third kappa shape index (κ3) is 5.53. The van der Waals surface area contributed by atoms with Crippen molar-refractivity contribution in [3.8, 4) is 0 Å². The van der Waals surface area contributed by atoms with E-state index in [1.165, 1.54) is 0 Å². The third-order valence-corrected chi connectivity index (χ3v) is 3.56. The minimum atomic E-state index is -0.310. The normalized spacial score (nSPS) is 18.8. The van der Waals surface area contributed by atoms with Crippen LogP contribution in [0.15, 0.2) is 0 Å². The maximum atomic E-state index is 12.0. The summed E-state index contributed by atoms with van der Waals surface area (Å²) in [4.78, 5) is 36.8. The lowest BCUT2D eigenvalue weighted by Crippen LogP contribution is -2.43. The van der Waals surface area contributed by atoms with Gasteiger partial charge in [-0.15, -0.1) is 11.6 Å². The van der Waals surface area contributed by atoms with Gasteiger partial charge in [0, 0.05) is 43.9 Å². The Morgan fingerprint density at radius 1 is 1.29 bits per heavy atom. The molecule has 0 aromatic rings. The van der Waals surface area contributed by atoms with Gasteiger partial charge in [0.1, 0.15) is 0 Å². The number of hydrogen-bond donors (Lipinski definition) is 2. The number of carbonyl (C=O) groups is 3. The zero-order chi connectivity index (χ0) is 16.0. The molecule has 1 saturated heterocycles. The minimum Gasteiger partial charge on any atom is -0.354 e. The van der Waals surface area contributed by atoms with Gasteiger partial charge in [-0.1, -0.05) is 0 Å². The molecular weight excluding hydrogens is 294 g/mol. The summed E-state index contributed by atoms with van der Waals surface area (Å²) in [7, 11) is 0. The van der Waals surface area contributed by atoms with Crippen LogP contribution in [0, 0.1) is 5.92 Å². The van der Waals surface area contributed by atoms with Crippen molar-refractivity contribution in [2.45, 2.75) is 39.2 Å². The van der Waals surface area contributed by atoms with Crippen molar-refractivity contribution in [1.29, 1.82) is 0 Å². The van der Waals surface area contributed by atoms with Gasteiger partial charge < -0.3 is 15.5 Å². The Bertz CT molecular complexity index is 407. The van der Waals surface area contributed by atoms with Crippen LogP contribution in [0.3, 0.4) is 0 Å². The van der Waals surface area contributed by atoms with Gasteiger partial charge in [0.05, 0.1) is 5.92 Å². The van der Waals surface area contributed by atoms with Crippen molar-refractivity contribution in [3.63, 3.8) is 0 Å². The Kier molecular flexibility index (Phi) is 6.45. The summed E-state index contributed by atoms with van der Waals surface area (Å²) in [5.41, 5.74) is -0.262. The van der Waals surface area contributed by atoms with E-state index >= 15 is 0 Å². The molecule has 0 spiro atoms. The molecule has 0 aromatic carbocycles. The smallest absolute Gasteiger partial charge is 0.225 e. The predicted molar refractivity (Wildman–Crippen MR) is 80.9 cm³/mol. The van der Waals surface area contributed by atoms with E-state index in [0.29, 0.717) is 19.6 Å². The lowest BCUT2D eigenvalue weighted by atomic mass is 10.1. The second-order valence-electron chi connectivity index (χ2n) is 6.16. The molecule has 0 aromatic heterocycles. The number of rotatable bonds is 6. The first-order valence-electron chi connectivity index (χ1n) is 7.16. The summed E-state index contributed by atoms with van der Waals surface area (Å²) in [6.45, 7) is 7.04. The second kappa shape index (κ2) is 7.64. The summed E-state index contributed by atoms with van der Waals surface area (Å²) in [5, 5.41) is 5.40. The SMILES string of the molecule is CC(C)(C)N1CC(C(=O)NCCNC(=O)CCCl)CC1=O. The van der Waals surface area contributed by atoms with Crippen molar-refractivity contribution in [1.82, 2.24) is 15.5 Å². The third-order valence-electron chi connectivity index (χ3n) is 3.37. The van der Waals surface area contributed by atoms with Gasteiger partial charge in [0.2, 0.25) is 17.7 Å². The molecule has 1 aliphatic heterocycles. The molecule has 6 nitrogen and oxygen atoms in total. The van der Waals surface area contributed by atoms with E-state index in [2.05, 4.69) is 10.6 Å². The Morgan fingerprint density at radius 2 is 1.90 bits per heavy atom. The number of nitrogens with zero attached hydrogens (tertiary/aromatic N) is 1. The molecule has 2 N–H and O–H groups in total. The second-order valence-corrected chi connectivity index (χ2v) is 6.53. The van der Waals surface area contributed by atoms with Gasteiger partial charge in [0.25, 0.3) is 0 Å². The van der Waals surface area contributed by atoms with Crippen LogP contribution in [-0.2, 0) is 14.4 Å². The number of amides is 3. The molecule has 0 bridgehead atoms. The molecule has 7 heteroatoms. The van der Waals surface area contributed by atoms with E-state index in [9.17, 15) is 14.4 Å². The first kappa shape index (κ1) is 17.8. The van der Waals surface area contributed by atoms with Gasteiger partial charge in [-0.2, -0.15) is 0 Å². The highest BCUT2D eigenvalue weighted by Gasteiger charge is 2.39. The number of carbonyl (C=O) groups excluding carboxylic acids is 3. The van der Waals surface area contributed by atoms with E-state index in [0.717, 1.165) is 0 Å². The largest absolute Gasteiger partial charge is 0.354 e. The average molecular weight is 318 g/mol. The van der Waals surface area contributed by atoms with E-state index in [-0.39, 0.29) is 47.9 Å². The summed E-state index contributed by atoms with van der Waals surface area (Å²) < 4.78 is 0. The minimum absolute atomic E-state index is 0.0121. The fraction of sp³-hybridized carbons (Fsp3) is 0.786. The molecule has 1 atom stereocenters. The Hall–Kier alpha value is -1.30. The summed E-state index contributed by atoms with van der Waals surface area (Å²) in [6.07, 6.45) is 0.523. The van der Waals surface area contributed by atoms with Crippen LogP contribution in [-0.4, -0.2) is 53.7 Å². The number of halogens is 1. The number of likely N-dealkylation sites (tertiary alicyclic amines) is 1. The topological polar surface area (TPSA) is 78.5 Å². The summed E-state index contributed by atoms with van der Waals surface area (Å²) in [5.74, 6) is -0.283. The molecule has 1 aliphatic rings. The predicted octanol–water partition coefficient (Wildman–Crippen LogP) is 0.495. The van der Waals surface area contributed by atoms with Crippen molar-refractivity contribution >= 4 is 29.3 Å². The lowest BCUT2D eigenvalue weighted by Gasteiger charge is -2.31. The number of hydrogen-bond acceptors (Lipinski definition) is 3. The molecular formula is C14H24ClN3O3. The maximum absolute atomic E-state index is 12.0. The number of alkyl halides is 1. The first-order valence-corrected chi connectivity index (χ1v) is 7.70. The van der Waals surface area contributed by atoms with Crippen LogP contribution in [0.4, 0.5) is 0 Å². The van der Waals surface area contributed by atoms with Crippen LogP contribution in [0.25, 0.3) is 0 Å². The van der Waals surface area contributed by atoms with E-state index < -0.39 is 0 Å². The molecule has 1 rings (SSSR count). The van der Waals surface area contributed by atoms with Crippen LogP contribution in [0.5, 0.6) is 0 Å². The van der Waals surface area contributed by atoms with Crippen LogP contribution >= 0.6 is 11.6 Å². The molecule has 1 fully saturated rings. The van der Waals surface area contributed by atoms with Gasteiger partial charge in [-0.05, 0) is 20.8 Å². The quantitative estimate of drug-likeness (QED) is 0.553. The average Bonchev–Trinajstić information content (AvgIpc) is 2.77. The van der Waals surface area contributed by atoms with Crippen molar-refractivity contribution in [2.75, 3.05) is 25.5 Å². The van der Waals surface area contributed by atoms with E-state index in [1.54, 1.807) is 4.90 Å². The van der Waals surface area contributed by atoms with Gasteiger partial charge in [0.15, 0.2) is 0 Å². The van der Waals surface area contributed by atoms with Gasteiger partial charge in [-0.3, -0.25) is 14.4 Å². The van der Waals surface area contributed by atoms with E-state index in [1.807, 2.05) is 20.8 Å². The summed E-state index contributed by atoms with van der Waals surface area (Å²) >= 11 is 5.44. The molecule has 1 heterocycles. The molecule has 120 valence electrons. The molecule has 0 saturated carbocycles. The zero-order valence-corrected chi connectivity index (χ0v) is 13.6. The van der Waals surface area contributed by atoms with Crippen LogP contribution in [0.2, 0.25) is 0 Å². The fourth-order valence-electron chi connectivity index (χ4n) is 2.24. The van der Waals surface area contributed by atoms with Crippen molar-refractivity contribution in [2.24, 2.45) is 5.92 Å². The molecule has 0 radical (unpaired) electrons. The highest BCUT2D eigenvalue weighted by Crippen LogP contribution is 2.25. The van der Waals surface area contributed by atoms with Gasteiger partial charge >= 0.3 is 0 Å². The highest BCUT2D eigenvalue weighted by molar-refractivity contribution is 6.18. The lowest BCUT2D eigenvalue weighted by molar-refractivity contribution is -0.132. The van der Waals surface area contributed by atoms with Gasteiger partial charge in [-0.25, -0.2) is 0 Å². The molecule has 21 heavy (non-hydrogen) atoms. The fourth-order valence-corrected chi connectivity index (χ4v) is 2.41.